The first-order valence-electron chi connectivity index (χ1n) is 20.3. The maximum absolute atomic E-state index is 9.23. The van der Waals surface area contributed by atoms with Crippen molar-refractivity contribution >= 4 is 39.2 Å². The second-order valence-corrected chi connectivity index (χ2v) is 15.9. The third-order valence-corrected chi connectivity index (χ3v) is 12.0. The van der Waals surface area contributed by atoms with Crippen LogP contribution in [0.3, 0.4) is 0 Å². The first-order valence-corrected chi connectivity index (χ1v) is 20.3. The summed E-state index contributed by atoms with van der Waals surface area (Å²) in [6.45, 7) is 4.77. The molecule has 9 aromatic rings. The van der Waals surface area contributed by atoms with Gasteiger partial charge in [-0.25, -0.2) is 0 Å². The minimum absolute atomic E-state index is 0.196. The fourth-order valence-corrected chi connectivity index (χ4v) is 9.23. The molecule has 2 nitrogen and oxygen atoms in total. The molecule has 280 valence electrons. The second kappa shape index (κ2) is 14.8. The number of nitrogens with zero attached hydrogens (tertiary/aromatic N) is 1. The summed E-state index contributed by atoms with van der Waals surface area (Å²) < 4.78 is 0. The molecule has 0 aliphatic heterocycles. The van der Waals surface area contributed by atoms with E-state index in [-0.39, 0.29) is 5.41 Å². The summed E-state index contributed by atoms with van der Waals surface area (Å²) >= 11 is 0. The average Bonchev–Trinajstić information content (AvgIpc) is 3.54. The van der Waals surface area contributed by atoms with Crippen molar-refractivity contribution in [3.8, 4) is 44.5 Å². The van der Waals surface area contributed by atoms with E-state index in [9.17, 15) is 5.41 Å². The third kappa shape index (κ3) is 6.40. The zero-order valence-corrected chi connectivity index (χ0v) is 33.2. The maximum atomic E-state index is 9.23. The Balaban J connectivity index is 1.11. The average molecular weight is 755 g/mol. The number of fused-ring (bicyclic) bond motifs is 6. The van der Waals surface area contributed by atoms with Crippen LogP contribution in [0, 0.1) is 5.41 Å². The Labute approximate surface area is 346 Å². The van der Waals surface area contributed by atoms with Crippen LogP contribution in [-0.4, -0.2) is 11.9 Å². The summed E-state index contributed by atoms with van der Waals surface area (Å²) in [6.07, 6.45) is 3.89. The summed E-state index contributed by atoms with van der Waals surface area (Å²) in [5.74, 6) is 0. The van der Waals surface area contributed by atoms with Crippen LogP contribution in [0.15, 0.2) is 211 Å². The van der Waals surface area contributed by atoms with E-state index < -0.39 is 0 Å². The number of benzene rings is 9. The van der Waals surface area contributed by atoms with Gasteiger partial charge in [0.2, 0.25) is 0 Å². The predicted octanol–water partition coefficient (Wildman–Crippen LogP) is 14.8. The highest BCUT2D eigenvalue weighted by atomic mass is 14.7. The zero-order chi connectivity index (χ0) is 39.9. The Morgan fingerprint density at radius 1 is 0.458 bits per heavy atom. The molecule has 0 saturated carbocycles. The monoisotopic (exact) mass is 754 g/mol. The van der Waals surface area contributed by atoms with E-state index in [0.29, 0.717) is 5.71 Å². The number of hydrogen-bond donors (Lipinski definition) is 1. The van der Waals surface area contributed by atoms with Crippen molar-refractivity contribution in [3.63, 3.8) is 0 Å². The van der Waals surface area contributed by atoms with E-state index in [4.69, 9.17) is 4.99 Å². The highest BCUT2D eigenvalue weighted by molar-refractivity contribution is 6.13. The first kappa shape index (κ1) is 36.0. The van der Waals surface area contributed by atoms with Crippen LogP contribution in [0.2, 0.25) is 0 Å². The third-order valence-electron chi connectivity index (χ3n) is 12.0. The molecule has 59 heavy (non-hydrogen) atoms. The molecule has 2 heteroatoms. The van der Waals surface area contributed by atoms with Crippen LogP contribution < -0.4 is 0 Å². The molecular weight excluding hydrogens is 713 g/mol. The van der Waals surface area contributed by atoms with Crippen molar-refractivity contribution < 1.29 is 0 Å². The van der Waals surface area contributed by atoms with Gasteiger partial charge in [-0.2, -0.15) is 0 Å². The minimum atomic E-state index is -0.196. The van der Waals surface area contributed by atoms with Crippen molar-refractivity contribution in [1.82, 2.24) is 0 Å². The van der Waals surface area contributed by atoms with Crippen LogP contribution in [0.1, 0.15) is 41.7 Å². The fraction of sp³-hybridized carbons (Fsp3) is 0.0526. The van der Waals surface area contributed by atoms with Crippen LogP contribution in [0.5, 0.6) is 0 Å². The SMILES string of the molecule is CC1(C)c2c(cccc2-c2ccc(C=N/C(=C\C(=N)c3ccccc3)c3ccc(-c4ccccc4)cc3-c3ccccc3)c3ccccc23)-c2ccc3ccccc3c21. The molecule has 9 aromatic carbocycles. The van der Waals surface area contributed by atoms with Gasteiger partial charge < -0.3 is 5.41 Å². The minimum Gasteiger partial charge on any atom is -0.300 e. The molecule has 0 heterocycles. The largest absolute Gasteiger partial charge is 0.300 e. The lowest BCUT2D eigenvalue weighted by atomic mass is 9.77. The van der Waals surface area contributed by atoms with Crippen LogP contribution in [0.4, 0.5) is 0 Å². The Morgan fingerprint density at radius 2 is 1.05 bits per heavy atom. The lowest BCUT2D eigenvalue weighted by Gasteiger charge is -2.26. The van der Waals surface area contributed by atoms with Gasteiger partial charge >= 0.3 is 0 Å². The topological polar surface area (TPSA) is 36.2 Å². The first-order chi connectivity index (χ1) is 29.0. The Hall–Kier alpha value is -7.42. The van der Waals surface area contributed by atoms with E-state index in [1.54, 1.807) is 0 Å². The lowest BCUT2D eigenvalue weighted by Crippen LogP contribution is -2.17. The molecule has 1 aliphatic rings. The highest BCUT2D eigenvalue weighted by Gasteiger charge is 2.39. The smallest absolute Gasteiger partial charge is 0.0729 e. The molecule has 0 fully saturated rings. The standard InChI is InChI=1S/C57H42N2/c1-57(2)55-45-25-13-12-21-40(45)29-34-51(55)50-28-16-27-49(56(50)57)47-32-31-43(44-24-14-15-26-46(44)47)37-59-54(36-53(58)41-22-10-5-11-23-41)48-33-30-42(38-17-6-3-7-18-38)35-52(48)39-19-8-4-9-20-39/h3-37,58H,1-2H3/b54-36-,58-53?,59-37?. The molecule has 1 aliphatic carbocycles. The summed E-state index contributed by atoms with van der Waals surface area (Å²) in [6, 6.07) is 70.8. The number of hydrogen-bond acceptors (Lipinski definition) is 2. The van der Waals surface area contributed by atoms with Crippen LogP contribution >= 0.6 is 0 Å². The molecule has 10 rings (SSSR count). The molecular formula is C57H42N2. The number of allylic oxidation sites excluding steroid dienone is 1. The molecule has 0 amide bonds. The Kier molecular flexibility index (Phi) is 9.03. The van der Waals surface area contributed by atoms with Gasteiger partial charge in [0, 0.05) is 22.8 Å². The molecule has 0 unspecified atom stereocenters. The zero-order valence-electron chi connectivity index (χ0n) is 33.2. The van der Waals surface area contributed by atoms with E-state index in [1.165, 1.54) is 49.5 Å². The normalized spacial score (nSPS) is 13.2. The van der Waals surface area contributed by atoms with Gasteiger partial charge in [0.1, 0.15) is 0 Å². The van der Waals surface area contributed by atoms with Gasteiger partial charge in [0.25, 0.3) is 0 Å². The lowest BCUT2D eigenvalue weighted by molar-refractivity contribution is 0.668. The van der Waals surface area contributed by atoms with Crippen molar-refractivity contribution in [2.24, 2.45) is 4.99 Å². The molecule has 0 aromatic heterocycles. The van der Waals surface area contributed by atoms with Gasteiger partial charge in [-0.15, -0.1) is 0 Å². The Morgan fingerprint density at radius 3 is 1.80 bits per heavy atom. The van der Waals surface area contributed by atoms with Crippen molar-refractivity contribution in [2.45, 2.75) is 19.3 Å². The van der Waals surface area contributed by atoms with Crippen molar-refractivity contribution in [3.05, 3.63) is 234 Å². The van der Waals surface area contributed by atoms with E-state index in [2.05, 4.69) is 172 Å². The van der Waals surface area contributed by atoms with Crippen molar-refractivity contribution in [2.75, 3.05) is 0 Å². The molecule has 0 spiro atoms. The summed E-state index contributed by atoms with van der Waals surface area (Å²) in [7, 11) is 0. The molecule has 0 radical (unpaired) electrons. The van der Waals surface area contributed by atoms with E-state index >= 15 is 0 Å². The van der Waals surface area contributed by atoms with Gasteiger partial charge in [-0.3, -0.25) is 4.99 Å². The molecule has 0 bridgehead atoms. The predicted molar refractivity (Wildman–Crippen MR) is 251 cm³/mol. The maximum Gasteiger partial charge on any atom is 0.0729 e. The van der Waals surface area contributed by atoms with Gasteiger partial charge in [-0.1, -0.05) is 208 Å². The summed E-state index contributed by atoms with van der Waals surface area (Å²) in [5, 5.41) is 14.1. The van der Waals surface area contributed by atoms with Gasteiger partial charge in [-0.05, 0) is 94.9 Å². The summed E-state index contributed by atoms with van der Waals surface area (Å²) in [4.78, 5) is 5.30. The number of nitrogens with one attached hydrogen (secondary N) is 1. The molecule has 0 atom stereocenters. The quantitative estimate of drug-likeness (QED) is 0.150. The van der Waals surface area contributed by atoms with Crippen molar-refractivity contribution in [1.29, 1.82) is 5.41 Å². The van der Waals surface area contributed by atoms with Crippen LogP contribution in [-0.2, 0) is 5.41 Å². The molecule has 0 saturated heterocycles. The second-order valence-electron chi connectivity index (χ2n) is 15.9. The van der Waals surface area contributed by atoms with Gasteiger partial charge in [0.15, 0.2) is 0 Å². The molecule has 1 N–H and O–H groups in total. The summed E-state index contributed by atoms with van der Waals surface area (Å²) in [5.41, 5.74) is 16.1. The highest BCUT2D eigenvalue weighted by Crippen LogP contribution is 2.54. The van der Waals surface area contributed by atoms with E-state index in [0.717, 1.165) is 50.0 Å². The van der Waals surface area contributed by atoms with E-state index in [1.807, 2.05) is 54.8 Å². The fourth-order valence-electron chi connectivity index (χ4n) is 9.23. The van der Waals surface area contributed by atoms with Gasteiger partial charge in [0.05, 0.1) is 11.4 Å². The van der Waals surface area contributed by atoms with Crippen LogP contribution in [0.25, 0.3) is 71.7 Å². The Bertz CT molecular complexity index is 3120. The number of rotatable bonds is 8. The number of aliphatic imine (C=N–C) groups is 1.